The van der Waals surface area contributed by atoms with Gasteiger partial charge in [0.15, 0.2) is 0 Å². The second-order valence-corrected chi connectivity index (χ2v) is 5.79. The topological polar surface area (TPSA) is 40.5 Å². The van der Waals surface area contributed by atoms with Crippen LogP contribution in [0.2, 0.25) is 0 Å². The monoisotopic (exact) mass is 213 g/mol. The molecule has 1 rings (SSSR count). The van der Waals surface area contributed by atoms with Crippen LogP contribution in [0.25, 0.3) is 0 Å². The van der Waals surface area contributed by atoms with Gasteiger partial charge in [-0.3, -0.25) is 4.79 Å². The van der Waals surface area contributed by atoms with Gasteiger partial charge in [0.1, 0.15) is 6.10 Å². The van der Waals surface area contributed by atoms with E-state index in [1.54, 1.807) is 6.92 Å². The fraction of sp³-hybridized carbons (Fsp3) is 0.917. The van der Waals surface area contributed by atoms with Crippen LogP contribution >= 0.6 is 0 Å². The molecule has 3 nitrogen and oxygen atoms in total. The summed E-state index contributed by atoms with van der Waals surface area (Å²) < 4.78 is 0. The van der Waals surface area contributed by atoms with Crippen molar-refractivity contribution in [3.05, 3.63) is 0 Å². The Hall–Kier alpha value is -0.570. The average molecular weight is 213 g/mol. The van der Waals surface area contributed by atoms with Crippen LogP contribution in [0.5, 0.6) is 0 Å². The summed E-state index contributed by atoms with van der Waals surface area (Å²) in [6, 6.07) is 0. The second-order valence-electron chi connectivity index (χ2n) is 5.79. The van der Waals surface area contributed by atoms with Crippen molar-refractivity contribution in [3.63, 3.8) is 0 Å². The molecule has 0 unspecified atom stereocenters. The Kier molecular flexibility index (Phi) is 3.15. The largest absolute Gasteiger partial charge is 0.384 e. The van der Waals surface area contributed by atoms with Crippen LogP contribution in [0.4, 0.5) is 0 Å². The Morgan fingerprint density at radius 3 is 2.40 bits per heavy atom. The summed E-state index contributed by atoms with van der Waals surface area (Å²) in [7, 11) is 0. The zero-order chi connectivity index (χ0) is 11.9. The van der Waals surface area contributed by atoms with Crippen molar-refractivity contribution < 1.29 is 9.90 Å². The van der Waals surface area contributed by atoms with E-state index in [0.29, 0.717) is 0 Å². The summed E-state index contributed by atoms with van der Waals surface area (Å²) in [6.07, 6.45) is 1.17. The Bertz CT molecular complexity index is 255. The minimum absolute atomic E-state index is 0.0497. The van der Waals surface area contributed by atoms with E-state index in [9.17, 15) is 9.90 Å². The highest BCUT2D eigenvalue weighted by atomic mass is 16.3. The first-order valence-corrected chi connectivity index (χ1v) is 5.70. The van der Waals surface area contributed by atoms with Gasteiger partial charge >= 0.3 is 0 Å². The van der Waals surface area contributed by atoms with Crippen molar-refractivity contribution in [2.24, 2.45) is 5.41 Å². The normalized spacial score (nSPS) is 29.3. The lowest BCUT2D eigenvalue weighted by atomic mass is 9.73. The van der Waals surface area contributed by atoms with E-state index in [1.165, 1.54) is 0 Å². The van der Waals surface area contributed by atoms with Gasteiger partial charge in [-0.25, -0.2) is 0 Å². The predicted molar refractivity (Wildman–Crippen MR) is 60.5 cm³/mol. The minimum atomic E-state index is -0.884. The molecular weight excluding hydrogens is 190 g/mol. The van der Waals surface area contributed by atoms with Gasteiger partial charge < -0.3 is 10.0 Å². The molecule has 0 aromatic carbocycles. The highest BCUT2D eigenvalue weighted by molar-refractivity contribution is 5.81. The van der Waals surface area contributed by atoms with Crippen molar-refractivity contribution >= 4 is 5.91 Å². The molecule has 0 saturated carbocycles. The summed E-state index contributed by atoms with van der Waals surface area (Å²) in [5.41, 5.74) is -0.0743. The van der Waals surface area contributed by atoms with Crippen molar-refractivity contribution in [2.45, 2.75) is 59.1 Å². The molecule has 1 saturated heterocycles. The first-order chi connectivity index (χ1) is 6.70. The summed E-state index contributed by atoms with van der Waals surface area (Å²) >= 11 is 0. The SMILES string of the molecule is C[C@H](O)C(=O)N1CCC[C@@]1(C)C(C)(C)C. The van der Waals surface area contributed by atoms with Crippen LogP contribution in [0.15, 0.2) is 0 Å². The number of carbonyl (C=O) groups is 1. The third-order valence-corrected chi connectivity index (χ3v) is 3.88. The van der Waals surface area contributed by atoms with Crippen LogP contribution in [0, 0.1) is 5.41 Å². The van der Waals surface area contributed by atoms with Crippen molar-refractivity contribution in [1.82, 2.24) is 4.90 Å². The Balaban J connectivity index is 2.95. The van der Waals surface area contributed by atoms with E-state index in [1.807, 2.05) is 4.90 Å². The Labute approximate surface area is 92.5 Å². The van der Waals surface area contributed by atoms with Gasteiger partial charge in [0.25, 0.3) is 5.91 Å². The van der Waals surface area contributed by atoms with E-state index in [-0.39, 0.29) is 16.9 Å². The third-order valence-electron chi connectivity index (χ3n) is 3.88. The molecule has 15 heavy (non-hydrogen) atoms. The number of hydrogen-bond donors (Lipinski definition) is 1. The quantitative estimate of drug-likeness (QED) is 0.721. The maximum Gasteiger partial charge on any atom is 0.251 e. The van der Waals surface area contributed by atoms with Gasteiger partial charge in [-0.15, -0.1) is 0 Å². The fourth-order valence-corrected chi connectivity index (χ4v) is 2.32. The third kappa shape index (κ3) is 2.03. The molecule has 0 radical (unpaired) electrons. The van der Waals surface area contributed by atoms with E-state index in [4.69, 9.17) is 0 Å². The number of amides is 1. The van der Waals surface area contributed by atoms with Gasteiger partial charge in [-0.1, -0.05) is 20.8 Å². The molecule has 1 heterocycles. The molecular formula is C12H23NO2. The van der Waals surface area contributed by atoms with Crippen LogP contribution in [-0.2, 0) is 4.79 Å². The van der Waals surface area contributed by atoms with E-state index in [0.717, 1.165) is 19.4 Å². The fourth-order valence-electron chi connectivity index (χ4n) is 2.32. The molecule has 1 fully saturated rings. The van der Waals surface area contributed by atoms with Gasteiger partial charge in [0.2, 0.25) is 0 Å². The highest BCUT2D eigenvalue weighted by Gasteiger charge is 2.48. The maximum absolute atomic E-state index is 11.9. The lowest BCUT2D eigenvalue weighted by Gasteiger charge is -2.46. The standard InChI is InChI=1S/C12H23NO2/c1-9(14)10(15)13-8-6-7-12(13,5)11(2,3)4/h9,14H,6-8H2,1-5H3/t9-,12-/m0/s1. The molecule has 0 aromatic rings. The molecule has 0 aliphatic carbocycles. The average Bonchev–Trinajstić information content (AvgIpc) is 2.46. The zero-order valence-corrected chi connectivity index (χ0v) is 10.5. The second kappa shape index (κ2) is 3.78. The number of nitrogens with zero attached hydrogens (tertiary/aromatic N) is 1. The van der Waals surface area contributed by atoms with E-state index < -0.39 is 6.10 Å². The van der Waals surface area contributed by atoms with Crippen LogP contribution in [-0.4, -0.2) is 34.1 Å². The number of hydrogen-bond acceptors (Lipinski definition) is 2. The maximum atomic E-state index is 11.9. The summed E-state index contributed by atoms with van der Waals surface area (Å²) in [5.74, 6) is -0.134. The van der Waals surface area contributed by atoms with Gasteiger partial charge in [-0.05, 0) is 32.1 Å². The van der Waals surface area contributed by atoms with E-state index in [2.05, 4.69) is 27.7 Å². The molecule has 1 amide bonds. The molecule has 1 aliphatic heterocycles. The minimum Gasteiger partial charge on any atom is -0.384 e. The van der Waals surface area contributed by atoms with Crippen molar-refractivity contribution in [3.8, 4) is 0 Å². The first-order valence-electron chi connectivity index (χ1n) is 5.70. The van der Waals surface area contributed by atoms with Crippen LogP contribution < -0.4 is 0 Å². The summed E-state index contributed by atoms with van der Waals surface area (Å²) in [6.45, 7) is 10.9. The Morgan fingerprint density at radius 1 is 1.47 bits per heavy atom. The van der Waals surface area contributed by atoms with Gasteiger partial charge in [0, 0.05) is 12.1 Å². The lowest BCUT2D eigenvalue weighted by molar-refractivity contribution is -0.146. The number of aliphatic hydroxyl groups excluding tert-OH is 1. The highest BCUT2D eigenvalue weighted by Crippen LogP contribution is 2.43. The summed E-state index contributed by atoms with van der Waals surface area (Å²) in [4.78, 5) is 13.7. The summed E-state index contributed by atoms with van der Waals surface area (Å²) in [5, 5.41) is 9.39. The van der Waals surface area contributed by atoms with E-state index >= 15 is 0 Å². The predicted octanol–water partition coefficient (Wildman–Crippen LogP) is 1.79. The molecule has 88 valence electrons. The number of rotatable bonds is 1. The first kappa shape index (κ1) is 12.5. The molecule has 0 bridgehead atoms. The molecule has 0 aromatic heterocycles. The number of carbonyl (C=O) groups excluding carboxylic acids is 1. The van der Waals surface area contributed by atoms with Crippen molar-refractivity contribution in [1.29, 1.82) is 0 Å². The van der Waals surface area contributed by atoms with Crippen LogP contribution in [0.1, 0.15) is 47.5 Å². The van der Waals surface area contributed by atoms with Gasteiger partial charge in [-0.2, -0.15) is 0 Å². The van der Waals surface area contributed by atoms with Gasteiger partial charge in [0.05, 0.1) is 0 Å². The molecule has 3 heteroatoms. The number of aliphatic hydroxyl groups is 1. The zero-order valence-electron chi connectivity index (χ0n) is 10.5. The smallest absolute Gasteiger partial charge is 0.251 e. The number of likely N-dealkylation sites (tertiary alicyclic amines) is 1. The molecule has 1 aliphatic rings. The Morgan fingerprint density at radius 2 is 2.00 bits per heavy atom. The molecule has 2 atom stereocenters. The lowest BCUT2D eigenvalue weighted by Crippen LogP contribution is -2.55. The molecule has 0 spiro atoms. The van der Waals surface area contributed by atoms with Crippen LogP contribution in [0.3, 0.4) is 0 Å². The van der Waals surface area contributed by atoms with Crippen molar-refractivity contribution in [2.75, 3.05) is 6.54 Å². The molecule has 1 N–H and O–H groups in total.